The molecule has 0 amide bonds. The van der Waals surface area contributed by atoms with Crippen LogP contribution in [0.15, 0.2) is 47.8 Å². The summed E-state index contributed by atoms with van der Waals surface area (Å²) in [7, 11) is 1.83. The van der Waals surface area contributed by atoms with Crippen LogP contribution in [0.5, 0.6) is 6.01 Å². The molecule has 0 N–H and O–H groups in total. The fraction of sp³-hybridized carbons (Fsp3) is 0.333. The van der Waals surface area contributed by atoms with Gasteiger partial charge in [-0.25, -0.2) is 9.98 Å². The summed E-state index contributed by atoms with van der Waals surface area (Å²) in [4.78, 5) is 16.2. The summed E-state index contributed by atoms with van der Waals surface area (Å²) >= 11 is 0. The SMILES string of the molecule is C=Nc1c(/C=C(\C)c2c(-c3ccc(C#N)cc3)nc(OC[C@@H]3CCCN(CCC#N)C3)n3ccnc23)cnn1C. The van der Waals surface area contributed by atoms with E-state index in [-0.39, 0.29) is 0 Å². The summed E-state index contributed by atoms with van der Waals surface area (Å²) in [5.41, 5.74) is 5.47. The molecule has 4 aromatic rings. The van der Waals surface area contributed by atoms with Gasteiger partial charge in [0.1, 0.15) is 0 Å². The van der Waals surface area contributed by atoms with Crippen molar-refractivity contribution in [1.82, 2.24) is 29.0 Å². The lowest BCUT2D eigenvalue weighted by Gasteiger charge is -2.31. The van der Waals surface area contributed by atoms with E-state index in [9.17, 15) is 5.26 Å². The van der Waals surface area contributed by atoms with E-state index in [4.69, 9.17) is 20.0 Å². The zero-order valence-electron chi connectivity index (χ0n) is 22.8. The molecular weight excluding hydrogens is 502 g/mol. The first-order valence-corrected chi connectivity index (χ1v) is 13.3. The average Bonchev–Trinajstić information content (AvgIpc) is 3.61. The van der Waals surface area contributed by atoms with Gasteiger partial charge >= 0.3 is 6.01 Å². The number of aromatic nitrogens is 5. The van der Waals surface area contributed by atoms with Crippen molar-refractivity contribution in [1.29, 1.82) is 10.5 Å². The summed E-state index contributed by atoms with van der Waals surface area (Å²) in [6, 6.07) is 12.3. The number of ether oxygens (including phenoxy) is 1. The van der Waals surface area contributed by atoms with Crippen molar-refractivity contribution in [2.24, 2.45) is 18.0 Å². The van der Waals surface area contributed by atoms with E-state index >= 15 is 0 Å². The minimum Gasteiger partial charge on any atom is -0.464 e. The molecule has 5 rings (SSSR count). The number of allylic oxidation sites excluding steroid dienone is 1. The molecule has 1 saturated heterocycles. The highest BCUT2D eigenvalue weighted by Crippen LogP contribution is 2.35. The molecule has 1 aromatic carbocycles. The number of fused-ring (bicyclic) bond motifs is 1. The number of rotatable bonds is 9. The monoisotopic (exact) mass is 533 g/mol. The minimum absolute atomic E-state index is 0.350. The van der Waals surface area contributed by atoms with Crippen LogP contribution in [0, 0.1) is 28.6 Å². The lowest BCUT2D eigenvalue weighted by molar-refractivity contribution is 0.126. The van der Waals surface area contributed by atoms with Crippen LogP contribution in [0.2, 0.25) is 0 Å². The number of imidazole rings is 1. The van der Waals surface area contributed by atoms with Gasteiger partial charge in [0.25, 0.3) is 0 Å². The molecule has 1 atom stereocenters. The summed E-state index contributed by atoms with van der Waals surface area (Å²) in [5.74, 6) is 1.02. The van der Waals surface area contributed by atoms with E-state index in [0.717, 1.165) is 60.4 Å². The summed E-state index contributed by atoms with van der Waals surface area (Å²) in [6.07, 6.45) is 10.1. The third-order valence-electron chi connectivity index (χ3n) is 7.24. The Balaban J connectivity index is 1.55. The largest absolute Gasteiger partial charge is 0.464 e. The standard InChI is InChI=1S/C30H31N9O/c1-21(16-25-18-35-37(3)28(25)33-2)26-27(24-9-7-22(17-32)8-10-24)36-30(39-15-12-34-29(26)39)40-20-23-6-4-13-38(19-23)14-5-11-31/h7-10,12,15-16,18,23H,2,4-6,13-14,19-20H2,1,3H3/b21-16+/t23-/m1/s1. The van der Waals surface area contributed by atoms with Crippen molar-refractivity contribution in [3.05, 3.63) is 59.5 Å². The summed E-state index contributed by atoms with van der Waals surface area (Å²) in [5, 5.41) is 22.6. The predicted octanol–water partition coefficient (Wildman–Crippen LogP) is 4.90. The minimum atomic E-state index is 0.350. The lowest BCUT2D eigenvalue weighted by Crippen LogP contribution is -2.38. The Morgan fingerprint density at radius 1 is 1.27 bits per heavy atom. The summed E-state index contributed by atoms with van der Waals surface area (Å²) in [6.45, 7) is 8.94. The molecule has 4 heterocycles. The quantitative estimate of drug-likeness (QED) is 0.281. The van der Waals surface area contributed by atoms with Crippen LogP contribution >= 0.6 is 0 Å². The molecule has 10 nitrogen and oxygen atoms in total. The molecule has 0 aliphatic carbocycles. The Morgan fingerprint density at radius 2 is 2.10 bits per heavy atom. The van der Waals surface area contributed by atoms with E-state index < -0.39 is 0 Å². The maximum Gasteiger partial charge on any atom is 0.302 e. The number of nitrogens with zero attached hydrogens (tertiary/aromatic N) is 9. The molecule has 40 heavy (non-hydrogen) atoms. The van der Waals surface area contributed by atoms with Gasteiger partial charge < -0.3 is 9.64 Å². The smallest absolute Gasteiger partial charge is 0.302 e. The van der Waals surface area contributed by atoms with Crippen LogP contribution in [0.3, 0.4) is 0 Å². The number of hydrogen-bond donors (Lipinski definition) is 0. The highest BCUT2D eigenvalue weighted by molar-refractivity contribution is 5.93. The Kier molecular flexibility index (Phi) is 7.99. The van der Waals surface area contributed by atoms with Crippen LogP contribution < -0.4 is 4.74 Å². The van der Waals surface area contributed by atoms with Gasteiger partial charge in [0.05, 0.1) is 36.2 Å². The van der Waals surface area contributed by atoms with Crippen LogP contribution in [-0.2, 0) is 7.05 Å². The molecule has 0 spiro atoms. The van der Waals surface area contributed by atoms with Crippen LogP contribution in [0.25, 0.3) is 28.6 Å². The maximum atomic E-state index is 9.33. The fourth-order valence-corrected chi connectivity index (χ4v) is 5.27. The Bertz CT molecular complexity index is 1630. The number of benzene rings is 1. The van der Waals surface area contributed by atoms with Gasteiger partial charge in [0.2, 0.25) is 0 Å². The van der Waals surface area contributed by atoms with Gasteiger partial charge in [-0.3, -0.25) is 9.08 Å². The maximum absolute atomic E-state index is 9.33. The number of piperidine rings is 1. The second kappa shape index (κ2) is 11.9. The Morgan fingerprint density at radius 3 is 2.85 bits per heavy atom. The molecule has 1 aliphatic rings. The molecule has 0 saturated carbocycles. The normalized spacial score (nSPS) is 16.0. The second-order valence-electron chi connectivity index (χ2n) is 9.99. The van der Waals surface area contributed by atoms with Gasteiger partial charge in [0.15, 0.2) is 11.5 Å². The van der Waals surface area contributed by atoms with Crippen LogP contribution in [-0.4, -0.2) is 62.0 Å². The second-order valence-corrected chi connectivity index (χ2v) is 9.99. The third-order valence-corrected chi connectivity index (χ3v) is 7.24. The predicted molar refractivity (Wildman–Crippen MR) is 154 cm³/mol. The van der Waals surface area contributed by atoms with Crippen molar-refractivity contribution in [3.63, 3.8) is 0 Å². The fourth-order valence-electron chi connectivity index (χ4n) is 5.27. The number of nitriles is 2. The van der Waals surface area contributed by atoms with E-state index in [1.807, 2.05) is 42.8 Å². The molecule has 1 fully saturated rings. The van der Waals surface area contributed by atoms with Crippen molar-refractivity contribution in [2.45, 2.75) is 26.2 Å². The van der Waals surface area contributed by atoms with E-state index in [2.05, 4.69) is 33.8 Å². The molecule has 3 aromatic heterocycles. The highest BCUT2D eigenvalue weighted by Gasteiger charge is 2.23. The van der Waals surface area contributed by atoms with Gasteiger partial charge in [-0.1, -0.05) is 12.1 Å². The average molecular weight is 534 g/mol. The zero-order chi connectivity index (χ0) is 28.1. The van der Waals surface area contributed by atoms with Gasteiger partial charge in [-0.2, -0.15) is 20.6 Å². The van der Waals surface area contributed by atoms with E-state index in [1.165, 1.54) is 0 Å². The van der Waals surface area contributed by atoms with Crippen LogP contribution in [0.4, 0.5) is 5.82 Å². The number of aryl methyl sites for hydroxylation is 1. The van der Waals surface area contributed by atoms with Crippen molar-refractivity contribution in [2.75, 3.05) is 26.2 Å². The lowest BCUT2D eigenvalue weighted by atomic mass is 9.98. The van der Waals surface area contributed by atoms with Crippen LogP contribution in [0.1, 0.15) is 42.9 Å². The van der Waals surface area contributed by atoms with E-state index in [0.29, 0.717) is 42.0 Å². The number of hydrogen-bond acceptors (Lipinski definition) is 8. The van der Waals surface area contributed by atoms with Crippen molar-refractivity contribution in [3.8, 4) is 29.4 Å². The Labute approximate surface area is 233 Å². The van der Waals surface area contributed by atoms with E-state index in [1.54, 1.807) is 29.2 Å². The topological polar surface area (TPSA) is 120 Å². The molecular formula is C30H31N9O. The first-order chi connectivity index (χ1) is 19.5. The van der Waals surface area contributed by atoms with Crippen molar-refractivity contribution >= 4 is 29.8 Å². The molecule has 0 bridgehead atoms. The summed E-state index contributed by atoms with van der Waals surface area (Å²) < 4.78 is 9.94. The first kappa shape index (κ1) is 26.8. The van der Waals surface area contributed by atoms with Gasteiger partial charge in [0, 0.05) is 61.6 Å². The molecule has 1 aliphatic heterocycles. The Hall–Kier alpha value is -4.80. The van der Waals surface area contributed by atoms with Gasteiger partial charge in [-0.15, -0.1) is 0 Å². The highest BCUT2D eigenvalue weighted by atomic mass is 16.5. The molecule has 0 unspecified atom stereocenters. The zero-order valence-corrected chi connectivity index (χ0v) is 22.8. The molecule has 202 valence electrons. The first-order valence-electron chi connectivity index (χ1n) is 13.3. The number of aliphatic imine (C=N–C) groups is 1. The third kappa shape index (κ3) is 5.49. The molecule has 10 heteroatoms. The molecule has 0 radical (unpaired) electrons. The number of likely N-dealkylation sites (tertiary alicyclic amines) is 1. The van der Waals surface area contributed by atoms with Crippen molar-refractivity contribution < 1.29 is 4.74 Å². The van der Waals surface area contributed by atoms with Gasteiger partial charge in [-0.05, 0) is 56.8 Å².